The van der Waals surface area contributed by atoms with Crippen molar-refractivity contribution in [2.45, 2.75) is 25.6 Å². The SMILES string of the molecule is CCC1C(COc2nccc3c2/C(=C/C=N)NC(C=O)=C3)NC(=O)C1F. The van der Waals surface area contributed by atoms with Gasteiger partial charge in [0.2, 0.25) is 5.88 Å². The van der Waals surface area contributed by atoms with Gasteiger partial charge < -0.3 is 20.8 Å². The van der Waals surface area contributed by atoms with Crippen molar-refractivity contribution in [3.63, 3.8) is 0 Å². The summed E-state index contributed by atoms with van der Waals surface area (Å²) in [5.74, 6) is -0.771. The Hall–Kier alpha value is -3.03. The Kier molecular flexibility index (Phi) is 5.11. The zero-order chi connectivity index (χ0) is 18.7. The summed E-state index contributed by atoms with van der Waals surface area (Å²) in [4.78, 5) is 26.9. The molecule has 3 heterocycles. The summed E-state index contributed by atoms with van der Waals surface area (Å²) in [7, 11) is 0. The van der Waals surface area contributed by atoms with E-state index in [1.165, 1.54) is 6.08 Å². The zero-order valence-corrected chi connectivity index (χ0v) is 14.2. The Morgan fingerprint density at radius 3 is 2.96 bits per heavy atom. The molecule has 0 spiro atoms. The Morgan fingerprint density at radius 1 is 1.46 bits per heavy atom. The highest BCUT2D eigenvalue weighted by atomic mass is 19.1. The Bertz CT molecular complexity index is 806. The van der Waals surface area contributed by atoms with E-state index in [4.69, 9.17) is 10.1 Å². The average Bonchev–Trinajstić information content (AvgIpc) is 2.93. The molecule has 0 radical (unpaired) electrons. The Labute approximate surface area is 149 Å². The number of halogens is 1. The molecule has 1 aromatic heterocycles. The monoisotopic (exact) mass is 358 g/mol. The first-order chi connectivity index (χ1) is 12.6. The van der Waals surface area contributed by atoms with Crippen LogP contribution in [0.3, 0.4) is 0 Å². The Balaban J connectivity index is 1.87. The predicted octanol–water partition coefficient (Wildman–Crippen LogP) is 1.46. The molecule has 136 valence electrons. The Morgan fingerprint density at radius 2 is 2.27 bits per heavy atom. The molecule has 3 N–H and O–H groups in total. The number of pyridine rings is 1. The molecule has 0 aromatic carbocycles. The van der Waals surface area contributed by atoms with Gasteiger partial charge in [0.05, 0.1) is 23.0 Å². The number of allylic oxidation sites excluding steroid dienone is 2. The molecule has 3 atom stereocenters. The first-order valence-electron chi connectivity index (χ1n) is 8.30. The third-order valence-electron chi connectivity index (χ3n) is 4.53. The number of nitrogens with zero attached hydrogens (tertiary/aromatic N) is 1. The van der Waals surface area contributed by atoms with E-state index in [-0.39, 0.29) is 12.5 Å². The lowest BCUT2D eigenvalue weighted by Gasteiger charge is -2.23. The minimum Gasteiger partial charge on any atom is -0.475 e. The minimum absolute atomic E-state index is 0.0796. The number of carbonyl (C=O) groups excluding carboxylic acids is 2. The second-order valence-corrected chi connectivity index (χ2v) is 6.07. The number of ether oxygens (including phenoxy) is 1. The number of nitrogens with one attached hydrogen (secondary N) is 3. The average molecular weight is 358 g/mol. The molecule has 0 aliphatic carbocycles. The molecule has 1 fully saturated rings. The van der Waals surface area contributed by atoms with E-state index in [1.807, 2.05) is 6.92 Å². The van der Waals surface area contributed by atoms with Crippen molar-refractivity contribution in [1.82, 2.24) is 15.6 Å². The molecule has 1 aromatic rings. The van der Waals surface area contributed by atoms with Gasteiger partial charge in [0.25, 0.3) is 5.91 Å². The van der Waals surface area contributed by atoms with Crippen LogP contribution in [0.4, 0.5) is 4.39 Å². The first-order valence-corrected chi connectivity index (χ1v) is 8.30. The molecular formula is C18H19FN4O3. The quantitative estimate of drug-likeness (QED) is 0.527. The first kappa shape index (κ1) is 17.8. The molecule has 1 amide bonds. The standard InChI is InChI=1S/C18H19FN4O3/c1-2-12-14(23-17(25)16(12)19)9-26-18-15-10(4-6-21-18)7-11(8-24)22-13(15)3-5-20/h3-8,12,14,16,20,22H,2,9H2,1H3,(H,23,25)/b13-3-,20-5?. The summed E-state index contributed by atoms with van der Waals surface area (Å²) >= 11 is 0. The van der Waals surface area contributed by atoms with Crippen molar-refractivity contribution in [1.29, 1.82) is 5.41 Å². The number of rotatable bonds is 6. The molecule has 2 aliphatic rings. The normalized spacial score (nSPS) is 25.8. The topological polar surface area (TPSA) is 104 Å². The summed E-state index contributed by atoms with van der Waals surface area (Å²) in [6.45, 7) is 1.91. The van der Waals surface area contributed by atoms with E-state index < -0.39 is 24.0 Å². The van der Waals surface area contributed by atoms with Crippen molar-refractivity contribution in [3.8, 4) is 5.88 Å². The van der Waals surface area contributed by atoms with Crippen molar-refractivity contribution in [2.75, 3.05) is 6.61 Å². The summed E-state index contributed by atoms with van der Waals surface area (Å²) in [6, 6.07) is 1.29. The smallest absolute Gasteiger partial charge is 0.255 e. The minimum atomic E-state index is -1.53. The summed E-state index contributed by atoms with van der Waals surface area (Å²) in [5, 5.41) is 12.8. The second-order valence-electron chi connectivity index (χ2n) is 6.07. The fourth-order valence-electron chi connectivity index (χ4n) is 3.24. The van der Waals surface area contributed by atoms with Crippen LogP contribution in [0.15, 0.2) is 24.0 Å². The van der Waals surface area contributed by atoms with Gasteiger partial charge in [-0.3, -0.25) is 9.59 Å². The third kappa shape index (κ3) is 3.22. The molecule has 26 heavy (non-hydrogen) atoms. The number of alkyl halides is 1. The van der Waals surface area contributed by atoms with E-state index in [9.17, 15) is 14.0 Å². The molecule has 1 saturated heterocycles. The maximum atomic E-state index is 13.9. The summed E-state index contributed by atoms with van der Waals surface area (Å²) in [5.41, 5.74) is 2.19. The molecule has 8 heteroatoms. The predicted molar refractivity (Wildman–Crippen MR) is 94.3 cm³/mol. The van der Waals surface area contributed by atoms with E-state index in [0.29, 0.717) is 29.7 Å². The van der Waals surface area contributed by atoms with Crippen LogP contribution >= 0.6 is 0 Å². The van der Waals surface area contributed by atoms with Crippen LogP contribution < -0.4 is 15.4 Å². The van der Waals surface area contributed by atoms with Gasteiger partial charge in [-0.05, 0) is 30.2 Å². The number of carbonyl (C=O) groups is 2. The van der Waals surface area contributed by atoms with Gasteiger partial charge in [-0.1, -0.05) is 6.92 Å². The fourth-order valence-corrected chi connectivity index (χ4v) is 3.24. The number of hydrogen-bond donors (Lipinski definition) is 3. The number of fused-ring (bicyclic) bond motifs is 1. The van der Waals surface area contributed by atoms with Crippen LogP contribution in [0.25, 0.3) is 11.8 Å². The van der Waals surface area contributed by atoms with Crippen LogP contribution in [0, 0.1) is 11.3 Å². The van der Waals surface area contributed by atoms with Crippen LogP contribution in [0.1, 0.15) is 24.5 Å². The maximum absolute atomic E-state index is 13.9. The van der Waals surface area contributed by atoms with Gasteiger partial charge >= 0.3 is 0 Å². The maximum Gasteiger partial charge on any atom is 0.255 e. The molecule has 0 saturated carbocycles. The van der Waals surface area contributed by atoms with Crippen LogP contribution in [0.5, 0.6) is 5.88 Å². The van der Waals surface area contributed by atoms with Crippen LogP contribution in [0.2, 0.25) is 0 Å². The molecule has 2 aliphatic heterocycles. The summed E-state index contributed by atoms with van der Waals surface area (Å²) in [6.07, 6.45) is 5.45. The van der Waals surface area contributed by atoms with Gasteiger partial charge in [-0.25, -0.2) is 9.37 Å². The number of amides is 1. The lowest BCUT2D eigenvalue weighted by molar-refractivity contribution is -0.124. The molecule has 3 rings (SSSR count). The highest BCUT2D eigenvalue weighted by Crippen LogP contribution is 2.32. The van der Waals surface area contributed by atoms with Crippen LogP contribution in [-0.4, -0.2) is 42.2 Å². The highest BCUT2D eigenvalue weighted by molar-refractivity contribution is 5.95. The largest absolute Gasteiger partial charge is 0.475 e. The van der Waals surface area contributed by atoms with Gasteiger partial charge in [0.1, 0.15) is 6.61 Å². The van der Waals surface area contributed by atoms with Crippen LogP contribution in [-0.2, 0) is 9.59 Å². The van der Waals surface area contributed by atoms with Crippen molar-refractivity contribution in [2.24, 2.45) is 5.92 Å². The van der Waals surface area contributed by atoms with Crippen molar-refractivity contribution >= 4 is 30.2 Å². The lowest BCUT2D eigenvalue weighted by atomic mass is 9.97. The molecular weight excluding hydrogens is 339 g/mol. The van der Waals surface area contributed by atoms with Crippen molar-refractivity contribution in [3.05, 3.63) is 35.2 Å². The van der Waals surface area contributed by atoms with E-state index >= 15 is 0 Å². The fraction of sp³-hybridized carbons (Fsp3) is 0.333. The molecule has 0 bridgehead atoms. The van der Waals surface area contributed by atoms with Gasteiger partial charge in [0, 0.05) is 18.3 Å². The summed E-state index contributed by atoms with van der Waals surface area (Å²) < 4.78 is 19.7. The molecule has 3 unspecified atom stereocenters. The van der Waals surface area contributed by atoms with Crippen molar-refractivity contribution < 1.29 is 18.7 Å². The molecule has 7 nitrogen and oxygen atoms in total. The lowest BCUT2D eigenvalue weighted by Crippen LogP contribution is -2.35. The van der Waals surface area contributed by atoms with E-state index in [0.717, 1.165) is 11.8 Å². The number of hydrogen-bond acceptors (Lipinski definition) is 6. The number of aromatic nitrogens is 1. The van der Waals surface area contributed by atoms with Gasteiger partial charge in [0.15, 0.2) is 12.5 Å². The second kappa shape index (κ2) is 7.47. The third-order valence-corrected chi connectivity index (χ3v) is 4.53. The van der Waals surface area contributed by atoms with E-state index in [2.05, 4.69) is 15.6 Å². The highest BCUT2D eigenvalue weighted by Gasteiger charge is 2.41. The van der Waals surface area contributed by atoms with Gasteiger partial charge in [-0.15, -0.1) is 0 Å². The van der Waals surface area contributed by atoms with E-state index in [1.54, 1.807) is 18.3 Å². The van der Waals surface area contributed by atoms with Gasteiger partial charge in [-0.2, -0.15) is 0 Å². The zero-order valence-electron chi connectivity index (χ0n) is 14.2. The number of aldehydes is 1.